The number of methoxy groups -OCH3 is 1. The number of ketones is 1. The first-order chi connectivity index (χ1) is 12.3. The molecule has 134 valence electrons. The first-order valence-electron chi connectivity index (χ1n) is 7.63. The first kappa shape index (κ1) is 17.7. The van der Waals surface area contributed by atoms with E-state index >= 15 is 0 Å². The highest BCUT2D eigenvalue weighted by atomic mass is 19.4. The number of Topliss-reactive ketones (excluding diaryl/α,β-unsaturated/α-hetero) is 1. The zero-order valence-electron chi connectivity index (χ0n) is 13.9. The second-order valence-electron chi connectivity index (χ2n) is 5.58. The summed E-state index contributed by atoms with van der Waals surface area (Å²) in [7, 11) is 1.54. The quantitative estimate of drug-likeness (QED) is 0.624. The van der Waals surface area contributed by atoms with Gasteiger partial charge in [-0.1, -0.05) is 0 Å². The van der Waals surface area contributed by atoms with Crippen molar-refractivity contribution in [3.8, 4) is 5.75 Å². The molecule has 1 heterocycles. The summed E-state index contributed by atoms with van der Waals surface area (Å²) < 4.78 is 49.3. The van der Waals surface area contributed by atoms with Gasteiger partial charge in [-0.15, -0.1) is 0 Å². The molecule has 0 saturated carbocycles. The average Bonchev–Trinajstić information content (AvgIpc) is 2.60. The van der Waals surface area contributed by atoms with Crippen molar-refractivity contribution in [2.45, 2.75) is 13.1 Å². The number of benzene rings is 2. The zero-order chi connectivity index (χ0) is 18.9. The highest BCUT2D eigenvalue weighted by Gasteiger charge is 2.30. The fraction of sp³-hybridized carbons (Fsp3) is 0.158. The van der Waals surface area contributed by atoms with E-state index in [4.69, 9.17) is 9.15 Å². The minimum Gasteiger partial charge on any atom is -0.497 e. The molecule has 4 nitrogen and oxygen atoms in total. The van der Waals surface area contributed by atoms with Crippen LogP contribution in [0, 0.1) is 0 Å². The van der Waals surface area contributed by atoms with Crippen LogP contribution in [0.4, 0.5) is 18.9 Å². The summed E-state index contributed by atoms with van der Waals surface area (Å²) in [5, 5.41) is 0.179. The van der Waals surface area contributed by atoms with Gasteiger partial charge in [0, 0.05) is 5.39 Å². The van der Waals surface area contributed by atoms with Crippen molar-refractivity contribution in [2.75, 3.05) is 7.11 Å². The van der Waals surface area contributed by atoms with Gasteiger partial charge in [0.1, 0.15) is 11.3 Å². The van der Waals surface area contributed by atoms with Crippen LogP contribution >= 0.6 is 0 Å². The van der Waals surface area contributed by atoms with Gasteiger partial charge in [-0.2, -0.15) is 13.2 Å². The van der Waals surface area contributed by atoms with E-state index in [0.29, 0.717) is 11.4 Å². The van der Waals surface area contributed by atoms with Crippen LogP contribution < -0.4 is 10.3 Å². The standard InChI is InChI=1S/C19H14F3NO3/c1-11(24)16-10-12-9-13(19(20,21)22)3-8-17(12)26-18(16)23-14-4-6-15(25-2)7-5-14/h3-10H,1-2H3. The predicted molar refractivity (Wildman–Crippen MR) is 89.4 cm³/mol. The fourth-order valence-electron chi connectivity index (χ4n) is 2.42. The van der Waals surface area contributed by atoms with Gasteiger partial charge in [-0.05, 0) is 55.5 Å². The fourth-order valence-corrected chi connectivity index (χ4v) is 2.42. The zero-order valence-corrected chi connectivity index (χ0v) is 13.9. The van der Waals surface area contributed by atoms with Crippen LogP contribution in [-0.4, -0.2) is 12.9 Å². The summed E-state index contributed by atoms with van der Waals surface area (Å²) in [5.74, 6) is 0.284. The van der Waals surface area contributed by atoms with Crippen LogP contribution in [0.15, 0.2) is 57.9 Å². The Morgan fingerprint density at radius 3 is 2.35 bits per heavy atom. The lowest BCUT2D eigenvalue weighted by atomic mass is 10.1. The Hall–Kier alpha value is -3.09. The maximum Gasteiger partial charge on any atom is 0.416 e. The number of ether oxygens (including phenoxy) is 1. The molecule has 3 rings (SSSR count). The summed E-state index contributed by atoms with van der Waals surface area (Å²) in [5.41, 5.74) is 0.0516. The largest absolute Gasteiger partial charge is 0.497 e. The Kier molecular flexibility index (Phi) is 4.54. The molecule has 0 saturated heterocycles. The molecular formula is C19H14F3NO3. The number of hydrogen-bond donors (Lipinski definition) is 0. The number of nitrogens with zero attached hydrogens (tertiary/aromatic N) is 1. The summed E-state index contributed by atoms with van der Waals surface area (Å²) in [6, 6.07) is 11.2. The van der Waals surface area contributed by atoms with E-state index in [-0.39, 0.29) is 27.9 Å². The second kappa shape index (κ2) is 6.67. The molecule has 7 heteroatoms. The molecule has 0 aliphatic rings. The molecule has 0 bridgehead atoms. The first-order valence-corrected chi connectivity index (χ1v) is 7.63. The van der Waals surface area contributed by atoms with E-state index in [0.717, 1.165) is 12.1 Å². The predicted octanol–water partition coefficient (Wildman–Crippen LogP) is 4.90. The number of rotatable bonds is 3. The van der Waals surface area contributed by atoms with Crippen LogP contribution in [0.3, 0.4) is 0 Å². The van der Waals surface area contributed by atoms with Gasteiger partial charge >= 0.3 is 6.18 Å². The highest BCUT2D eigenvalue weighted by molar-refractivity contribution is 5.96. The minimum atomic E-state index is -4.48. The summed E-state index contributed by atoms with van der Waals surface area (Å²) >= 11 is 0. The molecule has 2 aromatic carbocycles. The lowest BCUT2D eigenvalue weighted by molar-refractivity contribution is -0.137. The van der Waals surface area contributed by atoms with Crippen molar-refractivity contribution in [2.24, 2.45) is 4.99 Å². The number of hydrogen-bond acceptors (Lipinski definition) is 4. The van der Waals surface area contributed by atoms with Crippen LogP contribution in [0.25, 0.3) is 11.0 Å². The summed E-state index contributed by atoms with van der Waals surface area (Å²) in [4.78, 5) is 16.2. The van der Waals surface area contributed by atoms with E-state index in [1.54, 1.807) is 24.3 Å². The van der Waals surface area contributed by atoms with Crippen molar-refractivity contribution >= 4 is 22.4 Å². The molecule has 0 aliphatic heterocycles. The van der Waals surface area contributed by atoms with Crippen molar-refractivity contribution < 1.29 is 27.1 Å². The molecule has 0 atom stereocenters. The number of carbonyl (C=O) groups is 1. The van der Waals surface area contributed by atoms with Crippen LogP contribution in [0.2, 0.25) is 0 Å². The van der Waals surface area contributed by atoms with E-state index in [9.17, 15) is 18.0 Å². The Morgan fingerprint density at radius 1 is 1.08 bits per heavy atom. The number of alkyl halides is 3. The van der Waals surface area contributed by atoms with Crippen LogP contribution in [0.1, 0.15) is 22.8 Å². The van der Waals surface area contributed by atoms with E-state index < -0.39 is 11.7 Å². The van der Waals surface area contributed by atoms with Gasteiger partial charge in [0.05, 0.1) is 23.9 Å². The molecule has 26 heavy (non-hydrogen) atoms. The van der Waals surface area contributed by atoms with Gasteiger partial charge in [-0.25, -0.2) is 4.99 Å². The summed E-state index contributed by atoms with van der Waals surface area (Å²) in [6.45, 7) is 1.30. The Balaban J connectivity index is 2.19. The van der Waals surface area contributed by atoms with Gasteiger partial charge in [0.25, 0.3) is 0 Å². The lowest BCUT2D eigenvalue weighted by Gasteiger charge is -2.08. The molecule has 3 aromatic rings. The van der Waals surface area contributed by atoms with Gasteiger partial charge in [0.2, 0.25) is 5.55 Å². The molecule has 0 spiro atoms. The third-order valence-corrected chi connectivity index (χ3v) is 3.76. The van der Waals surface area contributed by atoms with Gasteiger partial charge in [-0.3, -0.25) is 4.79 Å². The maximum atomic E-state index is 12.9. The third kappa shape index (κ3) is 3.61. The topological polar surface area (TPSA) is 51.8 Å². The molecule has 0 aliphatic carbocycles. The average molecular weight is 361 g/mol. The number of carbonyl (C=O) groups excluding carboxylic acids is 1. The second-order valence-corrected chi connectivity index (χ2v) is 5.58. The Labute approximate surface area is 146 Å². The molecule has 0 amide bonds. The van der Waals surface area contributed by atoms with Gasteiger partial charge in [0.15, 0.2) is 5.78 Å². The van der Waals surface area contributed by atoms with E-state index in [1.165, 1.54) is 26.2 Å². The number of fused-ring (bicyclic) bond motifs is 1. The van der Waals surface area contributed by atoms with Crippen molar-refractivity contribution in [3.63, 3.8) is 0 Å². The molecule has 1 aromatic heterocycles. The third-order valence-electron chi connectivity index (χ3n) is 3.76. The maximum absolute atomic E-state index is 12.9. The van der Waals surface area contributed by atoms with E-state index in [2.05, 4.69) is 4.99 Å². The van der Waals surface area contributed by atoms with Crippen LogP contribution in [-0.2, 0) is 6.18 Å². The van der Waals surface area contributed by atoms with Crippen molar-refractivity contribution in [1.29, 1.82) is 0 Å². The molecule has 0 N–H and O–H groups in total. The number of halogens is 3. The lowest BCUT2D eigenvalue weighted by Crippen LogP contribution is -2.13. The smallest absolute Gasteiger partial charge is 0.416 e. The molecular weight excluding hydrogens is 347 g/mol. The van der Waals surface area contributed by atoms with Gasteiger partial charge < -0.3 is 9.15 Å². The minimum absolute atomic E-state index is 0.0370. The SMILES string of the molecule is COc1ccc(N=c2oc3ccc(C(F)(F)F)cc3cc2C(C)=O)cc1. The molecule has 0 fully saturated rings. The van der Waals surface area contributed by atoms with E-state index in [1.807, 2.05) is 0 Å². The van der Waals surface area contributed by atoms with Crippen molar-refractivity contribution in [1.82, 2.24) is 0 Å². The van der Waals surface area contributed by atoms with Crippen molar-refractivity contribution in [3.05, 3.63) is 65.2 Å². The Bertz CT molecular complexity index is 1030. The molecule has 0 radical (unpaired) electrons. The van der Waals surface area contributed by atoms with Crippen LogP contribution in [0.5, 0.6) is 5.75 Å². The molecule has 0 unspecified atom stereocenters. The Morgan fingerprint density at radius 2 is 1.77 bits per heavy atom. The normalized spacial score (nSPS) is 12.4. The highest BCUT2D eigenvalue weighted by Crippen LogP contribution is 2.31. The summed E-state index contributed by atoms with van der Waals surface area (Å²) in [6.07, 6.45) is -4.48. The monoisotopic (exact) mass is 361 g/mol.